The molecule has 0 spiro atoms. The zero-order valence-electron chi connectivity index (χ0n) is 10.3. The molecule has 0 aromatic heterocycles. The van der Waals surface area contributed by atoms with Gasteiger partial charge in [-0.25, -0.2) is 0 Å². The number of rotatable bonds is 5. The van der Waals surface area contributed by atoms with Crippen molar-refractivity contribution in [3.8, 4) is 0 Å². The Hall–Kier alpha value is -1.95. The lowest BCUT2D eigenvalue weighted by molar-refractivity contribution is -0.384. The molecule has 1 aromatic carbocycles. The van der Waals surface area contributed by atoms with E-state index in [-0.39, 0.29) is 24.2 Å². The van der Waals surface area contributed by atoms with Crippen LogP contribution in [0.1, 0.15) is 29.3 Å². The zero-order chi connectivity index (χ0) is 13.7. The highest BCUT2D eigenvalue weighted by Gasteiger charge is 2.15. The third kappa shape index (κ3) is 3.27. The van der Waals surface area contributed by atoms with Gasteiger partial charge in [0.15, 0.2) is 0 Å². The minimum absolute atomic E-state index is 0.0433. The number of aliphatic hydroxyl groups excluding tert-OH is 1. The minimum Gasteiger partial charge on any atom is -0.394 e. The van der Waals surface area contributed by atoms with E-state index >= 15 is 0 Å². The highest BCUT2D eigenvalue weighted by Crippen LogP contribution is 2.17. The first-order chi connectivity index (χ1) is 8.49. The fourth-order valence-electron chi connectivity index (χ4n) is 1.56. The number of non-ortho nitro benzene ring substituents is 1. The summed E-state index contributed by atoms with van der Waals surface area (Å²) < 4.78 is 0. The highest BCUT2D eigenvalue weighted by atomic mass is 16.6. The van der Waals surface area contributed by atoms with Crippen LogP contribution >= 0.6 is 0 Å². The van der Waals surface area contributed by atoms with E-state index in [0.717, 1.165) is 0 Å². The number of amides is 1. The van der Waals surface area contributed by atoms with Crippen molar-refractivity contribution in [2.24, 2.45) is 0 Å². The molecule has 0 unspecified atom stereocenters. The molecule has 1 amide bonds. The lowest BCUT2D eigenvalue weighted by Gasteiger charge is -2.14. The van der Waals surface area contributed by atoms with Crippen molar-refractivity contribution in [3.05, 3.63) is 39.4 Å². The molecule has 2 N–H and O–H groups in total. The molecule has 6 heteroatoms. The second-order valence-electron chi connectivity index (χ2n) is 4.02. The Morgan fingerprint density at radius 1 is 1.56 bits per heavy atom. The van der Waals surface area contributed by atoms with Gasteiger partial charge >= 0.3 is 0 Å². The Balaban J connectivity index is 2.90. The second-order valence-corrected chi connectivity index (χ2v) is 4.02. The van der Waals surface area contributed by atoms with Crippen LogP contribution < -0.4 is 5.32 Å². The number of aliphatic hydroxyl groups is 1. The van der Waals surface area contributed by atoms with Crippen molar-refractivity contribution >= 4 is 11.6 Å². The van der Waals surface area contributed by atoms with Gasteiger partial charge in [-0.2, -0.15) is 0 Å². The fourth-order valence-corrected chi connectivity index (χ4v) is 1.56. The molecule has 0 radical (unpaired) electrons. The molecule has 0 aliphatic heterocycles. The smallest absolute Gasteiger partial charge is 0.269 e. The molecule has 0 saturated carbocycles. The molecule has 0 heterocycles. The zero-order valence-corrected chi connectivity index (χ0v) is 10.3. The Morgan fingerprint density at radius 3 is 2.67 bits per heavy atom. The molecule has 0 saturated heterocycles. The van der Waals surface area contributed by atoms with Crippen LogP contribution in [-0.4, -0.2) is 28.6 Å². The maximum absolute atomic E-state index is 11.9. The predicted molar refractivity (Wildman–Crippen MR) is 66.5 cm³/mol. The summed E-state index contributed by atoms with van der Waals surface area (Å²) in [7, 11) is 0. The first-order valence-corrected chi connectivity index (χ1v) is 5.66. The lowest BCUT2D eigenvalue weighted by atomic mass is 10.1. The molecule has 1 atom stereocenters. The van der Waals surface area contributed by atoms with Crippen LogP contribution in [-0.2, 0) is 0 Å². The van der Waals surface area contributed by atoms with Crippen molar-refractivity contribution < 1.29 is 14.8 Å². The van der Waals surface area contributed by atoms with Gasteiger partial charge in [0.2, 0.25) is 0 Å². The Kier molecular flexibility index (Phi) is 4.79. The van der Waals surface area contributed by atoms with Crippen molar-refractivity contribution in [1.82, 2.24) is 5.32 Å². The molecule has 0 bridgehead atoms. The van der Waals surface area contributed by atoms with Gasteiger partial charge in [-0.05, 0) is 25.0 Å². The van der Waals surface area contributed by atoms with Gasteiger partial charge in [-0.15, -0.1) is 0 Å². The average Bonchev–Trinajstić information content (AvgIpc) is 2.35. The summed E-state index contributed by atoms with van der Waals surface area (Å²) in [5, 5.41) is 22.2. The maximum atomic E-state index is 11.9. The number of carbonyl (C=O) groups excluding carboxylic acids is 1. The number of benzene rings is 1. The van der Waals surface area contributed by atoms with Gasteiger partial charge < -0.3 is 10.4 Å². The van der Waals surface area contributed by atoms with Crippen molar-refractivity contribution in [1.29, 1.82) is 0 Å². The van der Waals surface area contributed by atoms with Crippen LogP contribution in [0.2, 0.25) is 0 Å². The molecule has 0 fully saturated rings. The van der Waals surface area contributed by atoms with E-state index in [9.17, 15) is 14.9 Å². The number of carbonyl (C=O) groups is 1. The minimum atomic E-state index is -0.503. The molecular formula is C12H16N2O4. The Morgan fingerprint density at radius 2 is 2.22 bits per heavy atom. The van der Waals surface area contributed by atoms with Crippen LogP contribution in [0.25, 0.3) is 0 Å². The number of nitro groups is 1. The number of aryl methyl sites for hydroxylation is 1. The molecule has 18 heavy (non-hydrogen) atoms. The fraction of sp³-hybridized carbons (Fsp3) is 0.417. The SMILES string of the molecule is CC[C@@H](CO)NC(=O)c1ccc([N+](=O)[O-])cc1C. The topological polar surface area (TPSA) is 92.5 Å². The van der Waals surface area contributed by atoms with Gasteiger partial charge in [0.05, 0.1) is 17.6 Å². The van der Waals surface area contributed by atoms with Gasteiger partial charge in [-0.1, -0.05) is 6.92 Å². The standard InChI is InChI=1S/C12H16N2O4/c1-3-9(7-15)13-12(16)11-5-4-10(14(17)18)6-8(11)2/h4-6,9,15H,3,7H2,1-2H3,(H,13,16)/t9-/m0/s1. The van der Waals surface area contributed by atoms with E-state index < -0.39 is 4.92 Å². The molecule has 98 valence electrons. The number of nitro benzene ring substituents is 1. The molecular weight excluding hydrogens is 236 g/mol. The molecule has 0 aliphatic carbocycles. The summed E-state index contributed by atoms with van der Waals surface area (Å²) in [5.41, 5.74) is 0.875. The molecule has 1 aromatic rings. The summed E-state index contributed by atoms with van der Waals surface area (Å²) in [6.07, 6.45) is 0.619. The summed E-state index contributed by atoms with van der Waals surface area (Å²) in [4.78, 5) is 22.0. The molecule has 1 rings (SSSR count). The summed E-state index contributed by atoms with van der Waals surface area (Å²) in [6.45, 7) is 3.36. The van der Waals surface area contributed by atoms with E-state index in [2.05, 4.69) is 5.32 Å². The second kappa shape index (κ2) is 6.11. The summed E-state index contributed by atoms with van der Waals surface area (Å²) in [5.74, 6) is -0.330. The summed E-state index contributed by atoms with van der Waals surface area (Å²) >= 11 is 0. The number of nitrogens with one attached hydrogen (secondary N) is 1. The van der Waals surface area contributed by atoms with Crippen LogP contribution in [0.3, 0.4) is 0 Å². The molecule has 0 aliphatic rings. The van der Waals surface area contributed by atoms with Gasteiger partial charge in [0, 0.05) is 17.7 Å². The van der Waals surface area contributed by atoms with Crippen LogP contribution in [0, 0.1) is 17.0 Å². The monoisotopic (exact) mass is 252 g/mol. The van der Waals surface area contributed by atoms with E-state index in [0.29, 0.717) is 17.5 Å². The van der Waals surface area contributed by atoms with Crippen LogP contribution in [0.15, 0.2) is 18.2 Å². The quantitative estimate of drug-likeness (QED) is 0.612. The van der Waals surface area contributed by atoms with Crippen LogP contribution in [0.4, 0.5) is 5.69 Å². The predicted octanol–water partition coefficient (Wildman–Crippen LogP) is 1.40. The summed E-state index contributed by atoms with van der Waals surface area (Å²) in [6, 6.07) is 3.77. The normalized spacial score (nSPS) is 11.9. The van der Waals surface area contributed by atoms with E-state index in [1.54, 1.807) is 6.92 Å². The van der Waals surface area contributed by atoms with E-state index in [4.69, 9.17) is 5.11 Å². The van der Waals surface area contributed by atoms with E-state index in [1.165, 1.54) is 18.2 Å². The third-order valence-corrected chi connectivity index (χ3v) is 2.71. The number of hydrogen-bond donors (Lipinski definition) is 2. The average molecular weight is 252 g/mol. The maximum Gasteiger partial charge on any atom is 0.269 e. The first-order valence-electron chi connectivity index (χ1n) is 5.66. The number of hydrogen-bond acceptors (Lipinski definition) is 4. The number of nitrogens with zero attached hydrogens (tertiary/aromatic N) is 1. The Bertz CT molecular complexity index is 455. The van der Waals surface area contributed by atoms with Crippen LogP contribution in [0.5, 0.6) is 0 Å². The van der Waals surface area contributed by atoms with E-state index in [1.807, 2.05) is 6.92 Å². The Labute approximate surface area is 105 Å². The van der Waals surface area contributed by atoms with Gasteiger partial charge in [0.1, 0.15) is 0 Å². The van der Waals surface area contributed by atoms with Gasteiger partial charge in [-0.3, -0.25) is 14.9 Å². The third-order valence-electron chi connectivity index (χ3n) is 2.71. The van der Waals surface area contributed by atoms with Crippen molar-refractivity contribution in [2.75, 3.05) is 6.61 Å². The lowest BCUT2D eigenvalue weighted by Crippen LogP contribution is -2.37. The first kappa shape index (κ1) is 14.1. The van der Waals surface area contributed by atoms with Gasteiger partial charge in [0.25, 0.3) is 11.6 Å². The van der Waals surface area contributed by atoms with Crippen molar-refractivity contribution in [2.45, 2.75) is 26.3 Å². The highest BCUT2D eigenvalue weighted by molar-refractivity contribution is 5.96. The molecule has 6 nitrogen and oxygen atoms in total. The largest absolute Gasteiger partial charge is 0.394 e. The van der Waals surface area contributed by atoms with Crippen molar-refractivity contribution in [3.63, 3.8) is 0 Å².